The molecule has 16 heavy (non-hydrogen) atoms. The maximum Gasteiger partial charge on any atom is 0.0207 e. The van der Waals surface area contributed by atoms with Gasteiger partial charge in [-0.15, -0.1) is 0 Å². The van der Waals surface area contributed by atoms with Crippen molar-refractivity contribution in [3.05, 3.63) is 34.3 Å². The molecule has 0 saturated carbocycles. The minimum atomic E-state index is 0.574. The van der Waals surface area contributed by atoms with Crippen molar-refractivity contribution in [1.82, 2.24) is 10.6 Å². The van der Waals surface area contributed by atoms with Gasteiger partial charge in [0.05, 0.1) is 0 Å². The highest BCUT2D eigenvalue weighted by Crippen LogP contribution is 2.15. The largest absolute Gasteiger partial charge is 0.315 e. The standard InChI is InChI=1S/C13H21BrN2/c1-11(2)16-10-9-15-8-7-12-5-3-4-6-13(12)14/h3-6,11,15-16H,7-10H2,1-2H3. The van der Waals surface area contributed by atoms with Crippen molar-refractivity contribution in [2.75, 3.05) is 19.6 Å². The van der Waals surface area contributed by atoms with Gasteiger partial charge in [0.2, 0.25) is 0 Å². The van der Waals surface area contributed by atoms with E-state index in [4.69, 9.17) is 0 Å². The molecule has 1 aromatic carbocycles. The van der Waals surface area contributed by atoms with Gasteiger partial charge in [-0.2, -0.15) is 0 Å². The van der Waals surface area contributed by atoms with Gasteiger partial charge >= 0.3 is 0 Å². The Labute approximate surface area is 107 Å². The molecule has 0 atom stereocenters. The summed E-state index contributed by atoms with van der Waals surface area (Å²) in [6, 6.07) is 8.96. The highest BCUT2D eigenvalue weighted by Gasteiger charge is 1.97. The minimum Gasteiger partial charge on any atom is -0.315 e. The Kier molecular flexibility index (Phi) is 6.69. The second-order valence-electron chi connectivity index (χ2n) is 4.20. The highest BCUT2D eigenvalue weighted by molar-refractivity contribution is 9.10. The van der Waals surface area contributed by atoms with E-state index < -0.39 is 0 Å². The van der Waals surface area contributed by atoms with Crippen LogP contribution in [0.1, 0.15) is 19.4 Å². The zero-order valence-corrected chi connectivity index (χ0v) is 11.7. The van der Waals surface area contributed by atoms with Gasteiger partial charge in [0.25, 0.3) is 0 Å². The molecule has 0 aliphatic rings. The molecule has 90 valence electrons. The third kappa shape index (κ3) is 5.64. The second kappa shape index (κ2) is 7.82. The van der Waals surface area contributed by atoms with Crippen molar-refractivity contribution < 1.29 is 0 Å². The molecule has 0 saturated heterocycles. The van der Waals surface area contributed by atoms with Crippen LogP contribution in [-0.4, -0.2) is 25.7 Å². The smallest absolute Gasteiger partial charge is 0.0207 e. The monoisotopic (exact) mass is 284 g/mol. The van der Waals surface area contributed by atoms with Crippen LogP contribution < -0.4 is 10.6 Å². The van der Waals surface area contributed by atoms with Crippen molar-refractivity contribution in [2.24, 2.45) is 0 Å². The average molecular weight is 285 g/mol. The number of benzene rings is 1. The third-order valence-electron chi connectivity index (χ3n) is 2.38. The molecule has 0 spiro atoms. The second-order valence-corrected chi connectivity index (χ2v) is 5.05. The van der Waals surface area contributed by atoms with E-state index in [1.165, 1.54) is 10.0 Å². The van der Waals surface area contributed by atoms with E-state index in [9.17, 15) is 0 Å². The predicted molar refractivity (Wildman–Crippen MR) is 73.9 cm³/mol. The van der Waals surface area contributed by atoms with Crippen molar-refractivity contribution in [2.45, 2.75) is 26.3 Å². The van der Waals surface area contributed by atoms with E-state index in [1.807, 2.05) is 6.07 Å². The maximum atomic E-state index is 3.56. The summed E-state index contributed by atoms with van der Waals surface area (Å²) in [5.41, 5.74) is 1.37. The highest BCUT2D eigenvalue weighted by atomic mass is 79.9. The van der Waals surface area contributed by atoms with Gasteiger partial charge in [0.15, 0.2) is 0 Å². The first-order valence-corrected chi connectivity index (χ1v) is 6.67. The van der Waals surface area contributed by atoms with Crippen LogP contribution in [0.4, 0.5) is 0 Å². The van der Waals surface area contributed by atoms with Gasteiger partial charge in [0.1, 0.15) is 0 Å². The first-order valence-electron chi connectivity index (χ1n) is 5.87. The zero-order chi connectivity index (χ0) is 11.8. The fourth-order valence-electron chi connectivity index (χ4n) is 1.50. The topological polar surface area (TPSA) is 24.1 Å². The summed E-state index contributed by atoms with van der Waals surface area (Å²) < 4.78 is 1.21. The van der Waals surface area contributed by atoms with Crippen molar-refractivity contribution in [3.63, 3.8) is 0 Å². The summed E-state index contributed by atoms with van der Waals surface area (Å²) in [6.07, 6.45) is 1.07. The molecule has 0 aliphatic carbocycles. The summed E-state index contributed by atoms with van der Waals surface area (Å²) in [5, 5.41) is 6.82. The van der Waals surface area contributed by atoms with Crippen LogP contribution in [0.2, 0.25) is 0 Å². The van der Waals surface area contributed by atoms with Crippen LogP contribution in [0.15, 0.2) is 28.7 Å². The molecule has 1 aromatic rings. The molecule has 0 radical (unpaired) electrons. The third-order valence-corrected chi connectivity index (χ3v) is 3.16. The first kappa shape index (κ1) is 13.7. The lowest BCUT2D eigenvalue weighted by atomic mass is 10.1. The number of hydrogen-bond donors (Lipinski definition) is 2. The quantitative estimate of drug-likeness (QED) is 0.752. The van der Waals surface area contributed by atoms with Gasteiger partial charge in [-0.1, -0.05) is 48.0 Å². The molecule has 0 amide bonds. The van der Waals surface area contributed by atoms with Crippen molar-refractivity contribution >= 4 is 15.9 Å². The molecule has 0 aliphatic heterocycles. The number of halogens is 1. The van der Waals surface area contributed by atoms with Crippen LogP contribution >= 0.6 is 15.9 Å². The Morgan fingerprint density at radius 3 is 2.56 bits per heavy atom. The first-order chi connectivity index (χ1) is 7.70. The molecule has 0 fully saturated rings. The fraction of sp³-hybridized carbons (Fsp3) is 0.538. The molecule has 2 N–H and O–H groups in total. The van der Waals surface area contributed by atoms with Crippen LogP contribution in [0.3, 0.4) is 0 Å². The lowest BCUT2D eigenvalue weighted by Gasteiger charge is -2.09. The van der Waals surface area contributed by atoms with E-state index in [1.54, 1.807) is 0 Å². The van der Waals surface area contributed by atoms with Gasteiger partial charge in [-0.25, -0.2) is 0 Å². The lowest BCUT2D eigenvalue weighted by Crippen LogP contribution is -2.32. The van der Waals surface area contributed by atoms with Gasteiger partial charge < -0.3 is 10.6 Å². The molecule has 0 unspecified atom stereocenters. The normalized spacial score (nSPS) is 11.0. The molecule has 0 heterocycles. The van der Waals surface area contributed by atoms with E-state index in [0.29, 0.717) is 6.04 Å². The average Bonchev–Trinajstić information content (AvgIpc) is 2.25. The van der Waals surface area contributed by atoms with Crippen molar-refractivity contribution in [1.29, 1.82) is 0 Å². The molecule has 2 nitrogen and oxygen atoms in total. The lowest BCUT2D eigenvalue weighted by molar-refractivity contribution is 0.556. The van der Waals surface area contributed by atoms with E-state index in [2.05, 4.69) is 58.6 Å². The Morgan fingerprint density at radius 2 is 1.88 bits per heavy atom. The summed E-state index contributed by atoms with van der Waals surface area (Å²) in [4.78, 5) is 0. The molecular formula is C13H21BrN2. The Morgan fingerprint density at radius 1 is 1.12 bits per heavy atom. The zero-order valence-electron chi connectivity index (χ0n) is 10.1. The van der Waals surface area contributed by atoms with Crippen molar-refractivity contribution in [3.8, 4) is 0 Å². The molecular weight excluding hydrogens is 264 g/mol. The predicted octanol–water partition coefficient (Wildman–Crippen LogP) is 2.58. The number of hydrogen-bond acceptors (Lipinski definition) is 2. The molecule has 0 bridgehead atoms. The fourth-order valence-corrected chi connectivity index (χ4v) is 1.98. The van der Waals surface area contributed by atoms with Crippen LogP contribution in [0.25, 0.3) is 0 Å². The van der Waals surface area contributed by atoms with E-state index in [0.717, 1.165) is 26.1 Å². The number of rotatable bonds is 7. The van der Waals surface area contributed by atoms with Gasteiger partial charge in [-0.3, -0.25) is 0 Å². The summed E-state index contributed by atoms with van der Waals surface area (Å²) >= 11 is 3.56. The summed E-state index contributed by atoms with van der Waals surface area (Å²) in [5.74, 6) is 0. The van der Waals surface area contributed by atoms with Crippen LogP contribution in [0, 0.1) is 0 Å². The Bertz CT molecular complexity index is 300. The Hall–Kier alpha value is -0.380. The van der Waals surface area contributed by atoms with Crippen LogP contribution in [-0.2, 0) is 6.42 Å². The van der Waals surface area contributed by atoms with E-state index in [-0.39, 0.29) is 0 Å². The van der Waals surface area contributed by atoms with Crippen LogP contribution in [0.5, 0.6) is 0 Å². The number of nitrogens with one attached hydrogen (secondary N) is 2. The minimum absolute atomic E-state index is 0.574. The molecule has 1 rings (SSSR count). The summed E-state index contributed by atoms with van der Waals surface area (Å²) in [6.45, 7) is 7.43. The van der Waals surface area contributed by atoms with Gasteiger partial charge in [0, 0.05) is 23.6 Å². The van der Waals surface area contributed by atoms with Gasteiger partial charge in [-0.05, 0) is 24.6 Å². The Balaban J connectivity index is 2.10. The molecule has 3 heteroatoms. The summed E-state index contributed by atoms with van der Waals surface area (Å²) in [7, 11) is 0. The van der Waals surface area contributed by atoms with E-state index >= 15 is 0 Å². The maximum absolute atomic E-state index is 3.56. The SMILES string of the molecule is CC(C)NCCNCCc1ccccc1Br. The molecule has 0 aromatic heterocycles.